The van der Waals surface area contributed by atoms with Crippen LogP contribution >= 0.6 is 11.6 Å². The maximum absolute atomic E-state index is 14.7. The Labute approximate surface area is 206 Å². The number of pyridine rings is 1. The first kappa shape index (κ1) is 23.0. The van der Waals surface area contributed by atoms with Gasteiger partial charge in [-0.05, 0) is 49.7 Å². The Bertz CT molecular complexity index is 1520. The molecule has 0 saturated carbocycles. The van der Waals surface area contributed by atoms with Crippen molar-refractivity contribution < 1.29 is 14.6 Å². The predicted molar refractivity (Wildman–Crippen MR) is 132 cm³/mol. The smallest absolute Gasteiger partial charge is 0.347 e. The number of aromatic hydroxyl groups is 1. The topological polar surface area (TPSA) is 83.5 Å². The van der Waals surface area contributed by atoms with Crippen LogP contribution in [0.2, 0.25) is 5.02 Å². The fourth-order valence-corrected chi connectivity index (χ4v) is 4.63. The largest absolute Gasteiger partial charge is 0.507 e. The minimum Gasteiger partial charge on any atom is -0.507 e. The zero-order chi connectivity index (χ0) is 25.1. The number of aromatic nitrogens is 3. The zero-order valence-corrected chi connectivity index (χ0v) is 20.1. The van der Waals surface area contributed by atoms with Crippen molar-refractivity contribution in [3.05, 3.63) is 82.0 Å². The van der Waals surface area contributed by atoms with Crippen LogP contribution in [0.5, 0.6) is 5.75 Å². The quantitative estimate of drug-likeness (QED) is 0.451. The third kappa shape index (κ3) is 4.03. The third-order valence-corrected chi connectivity index (χ3v) is 6.46. The SMILES string of the molecule is Cc1ncc(-c2cc(F)cc(-c3ccc(-n4c#cn(C)c4=O)c(Cl)c3)c2O)cc1N1CC(C)(O)C1. The van der Waals surface area contributed by atoms with E-state index in [1.165, 1.54) is 21.3 Å². The van der Waals surface area contributed by atoms with Crippen molar-refractivity contribution in [2.24, 2.45) is 7.05 Å². The van der Waals surface area contributed by atoms with Crippen molar-refractivity contribution in [2.45, 2.75) is 19.4 Å². The number of nitrogens with zero attached hydrogens (tertiary/aromatic N) is 4. The maximum atomic E-state index is 14.7. The molecule has 35 heavy (non-hydrogen) atoms. The Morgan fingerprint density at radius 1 is 1.09 bits per heavy atom. The number of aryl methyl sites for hydroxylation is 1. The van der Waals surface area contributed by atoms with E-state index in [2.05, 4.69) is 17.4 Å². The molecule has 2 aromatic carbocycles. The van der Waals surface area contributed by atoms with Gasteiger partial charge in [-0.3, -0.25) is 9.55 Å². The molecule has 0 bridgehead atoms. The van der Waals surface area contributed by atoms with Gasteiger partial charge in [0.2, 0.25) is 0 Å². The second-order valence-corrected chi connectivity index (χ2v) is 9.51. The molecule has 178 valence electrons. The van der Waals surface area contributed by atoms with E-state index in [1.807, 2.05) is 17.9 Å². The summed E-state index contributed by atoms with van der Waals surface area (Å²) in [4.78, 5) is 18.6. The summed E-state index contributed by atoms with van der Waals surface area (Å²) in [5, 5.41) is 21.5. The lowest BCUT2D eigenvalue weighted by atomic mass is 9.94. The molecule has 3 heterocycles. The van der Waals surface area contributed by atoms with Gasteiger partial charge >= 0.3 is 5.69 Å². The second kappa shape index (κ2) is 8.15. The number of hydrogen-bond acceptors (Lipinski definition) is 5. The summed E-state index contributed by atoms with van der Waals surface area (Å²) < 4.78 is 17.2. The van der Waals surface area contributed by atoms with E-state index < -0.39 is 11.4 Å². The fourth-order valence-electron chi connectivity index (χ4n) is 4.36. The first-order valence-electron chi connectivity index (χ1n) is 10.9. The van der Waals surface area contributed by atoms with Crippen molar-refractivity contribution in [1.29, 1.82) is 0 Å². The monoisotopic (exact) mass is 492 g/mol. The predicted octanol–water partition coefficient (Wildman–Crippen LogP) is 3.88. The van der Waals surface area contributed by atoms with E-state index in [0.29, 0.717) is 29.9 Å². The number of anilines is 1. The zero-order valence-electron chi connectivity index (χ0n) is 19.3. The molecule has 1 aliphatic rings. The Kier molecular flexibility index (Phi) is 5.35. The average Bonchev–Trinajstić information content (AvgIpc) is 3.12. The Hall–Kier alpha value is -3.80. The molecule has 0 spiro atoms. The first-order chi connectivity index (χ1) is 16.5. The Balaban J connectivity index is 1.56. The normalized spacial score (nSPS) is 14.5. The van der Waals surface area contributed by atoms with E-state index in [9.17, 15) is 19.4 Å². The van der Waals surface area contributed by atoms with E-state index >= 15 is 0 Å². The lowest BCUT2D eigenvalue weighted by Crippen LogP contribution is -2.60. The van der Waals surface area contributed by atoms with Crippen molar-refractivity contribution in [1.82, 2.24) is 14.1 Å². The summed E-state index contributed by atoms with van der Waals surface area (Å²) in [5.74, 6) is -0.664. The molecule has 4 aromatic rings. The van der Waals surface area contributed by atoms with Crippen molar-refractivity contribution in [2.75, 3.05) is 18.0 Å². The van der Waals surface area contributed by atoms with Crippen LogP contribution in [0.1, 0.15) is 12.6 Å². The summed E-state index contributed by atoms with van der Waals surface area (Å²) in [6, 6.07) is 9.13. The third-order valence-electron chi connectivity index (χ3n) is 6.16. The highest BCUT2D eigenvalue weighted by Gasteiger charge is 2.37. The summed E-state index contributed by atoms with van der Waals surface area (Å²) in [7, 11) is 1.56. The molecule has 7 nitrogen and oxygen atoms in total. The first-order valence-corrected chi connectivity index (χ1v) is 11.3. The van der Waals surface area contributed by atoms with Crippen LogP contribution in [0, 0.1) is 25.1 Å². The van der Waals surface area contributed by atoms with Crippen molar-refractivity contribution >= 4 is 17.3 Å². The van der Waals surface area contributed by atoms with Crippen LogP contribution in [-0.2, 0) is 7.05 Å². The fraction of sp³-hybridized carbons (Fsp3) is 0.231. The second-order valence-electron chi connectivity index (χ2n) is 9.10. The lowest BCUT2D eigenvalue weighted by molar-refractivity contribution is 0.0309. The Morgan fingerprint density at radius 3 is 2.37 bits per heavy atom. The van der Waals surface area contributed by atoms with E-state index in [-0.39, 0.29) is 27.6 Å². The number of phenolic OH excluding ortho intramolecular Hbond substituents is 1. The molecule has 9 heteroatoms. The molecule has 0 amide bonds. The maximum Gasteiger partial charge on any atom is 0.347 e. The molecule has 1 aliphatic heterocycles. The van der Waals surface area contributed by atoms with Gasteiger partial charge in [0.25, 0.3) is 0 Å². The van der Waals surface area contributed by atoms with Gasteiger partial charge in [-0.2, -0.15) is 0 Å². The van der Waals surface area contributed by atoms with Gasteiger partial charge in [-0.25, -0.2) is 13.8 Å². The highest BCUT2D eigenvalue weighted by molar-refractivity contribution is 6.32. The standard InChI is InChI=1S/C26H22ClFN4O3/c1-15-23(31-13-26(2,35)14-31)9-17(12-29-15)20-11-18(28)10-19(24(20)33)16-4-5-22(21(27)8-16)32-7-6-30(3)25(32)34/h4-5,8-12,33,35H,13-14H2,1-3H3. The summed E-state index contributed by atoms with van der Waals surface area (Å²) in [5.41, 5.74) is 2.40. The van der Waals surface area contributed by atoms with Crippen molar-refractivity contribution in [3.8, 4) is 33.7 Å². The number of rotatable bonds is 4. The van der Waals surface area contributed by atoms with E-state index in [4.69, 9.17) is 11.6 Å². The number of β-amino-alcohol motifs (C(OH)–C–C–N with tert-alkyl or cyclic N) is 1. The molecule has 2 N–H and O–H groups in total. The molecule has 0 unspecified atom stereocenters. The van der Waals surface area contributed by atoms with Gasteiger partial charge < -0.3 is 15.1 Å². The molecule has 2 aromatic heterocycles. The number of halogens is 2. The molecule has 0 aliphatic carbocycles. The molecule has 0 atom stereocenters. The van der Waals surface area contributed by atoms with Crippen LogP contribution in [0.25, 0.3) is 27.9 Å². The number of phenols is 1. The number of benzene rings is 2. The van der Waals surface area contributed by atoms with Crippen LogP contribution in [0.15, 0.2) is 47.4 Å². The minimum absolute atomic E-state index is 0.126. The average molecular weight is 493 g/mol. The molecule has 1 saturated heterocycles. The van der Waals surface area contributed by atoms with Gasteiger partial charge in [0.15, 0.2) is 0 Å². The number of aliphatic hydroxyl groups is 1. The van der Waals surface area contributed by atoms with Crippen LogP contribution in [-0.4, -0.2) is 43.0 Å². The molecular weight excluding hydrogens is 471 g/mol. The molecular formula is C26H22ClFN4O3. The lowest BCUT2D eigenvalue weighted by Gasteiger charge is -2.46. The minimum atomic E-state index is -0.761. The van der Waals surface area contributed by atoms with Crippen molar-refractivity contribution in [3.63, 3.8) is 0 Å². The molecule has 0 radical (unpaired) electrons. The summed E-state index contributed by atoms with van der Waals surface area (Å²) in [6.07, 6.45) is 6.93. The number of hydrogen-bond donors (Lipinski definition) is 2. The highest BCUT2D eigenvalue weighted by atomic mass is 35.5. The molecule has 5 rings (SSSR count). The van der Waals surface area contributed by atoms with E-state index in [1.54, 1.807) is 38.4 Å². The van der Waals surface area contributed by atoms with E-state index in [0.717, 1.165) is 11.4 Å². The van der Waals surface area contributed by atoms with Crippen LogP contribution in [0.4, 0.5) is 10.1 Å². The summed E-state index contributed by atoms with van der Waals surface area (Å²) >= 11 is 6.45. The van der Waals surface area contributed by atoms with Gasteiger partial charge in [-0.15, -0.1) is 0 Å². The molecule has 1 fully saturated rings. The Morgan fingerprint density at radius 2 is 1.77 bits per heavy atom. The summed E-state index contributed by atoms with van der Waals surface area (Å²) in [6.45, 7) is 4.55. The van der Waals surface area contributed by atoms with Crippen LogP contribution < -0.4 is 10.6 Å². The highest BCUT2D eigenvalue weighted by Crippen LogP contribution is 2.41. The van der Waals surface area contributed by atoms with Gasteiger partial charge in [-0.1, -0.05) is 17.7 Å². The van der Waals surface area contributed by atoms with Crippen LogP contribution in [0.3, 0.4) is 0 Å². The van der Waals surface area contributed by atoms with Gasteiger partial charge in [0.1, 0.15) is 11.6 Å². The van der Waals surface area contributed by atoms with Gasteiger partial charge in [0, 0.05) is 55.4 Å². The van der Waals surface area contributed by atoms with Gasteiger partial charge in [0.05, 0.1) is 27.7 Å².